The average Bonchev–Trinajstić information content (AvgIpc) is 3.27. The molecule has 0 saturated carbocycles. The third-order valence-electron chi connectivity index (χ3n) is 5.21. The summed E-state index contributed by atoms with van der Waals surface area (Å²) in [6, 6.07) is 17.9. The molecular weight excluding hydrogens is 366 g/mol. The van der Waals surface area contributed by atoms with Crippen molar-refractivity contribution in [2.45, 2.75) is 25.5 Å². The molecule has 1 N–H and O–H groups in total. The van der Waals surface area contributed by atoms with Gasteiger partial charge in [-0.2, -0.15) is 0 Å². The van der Waals surface area contributed by atoms with Crippen molar-refractivity contribution in [3.8, 4) is 5.75 Å². The van der Waals surface area contributed by atoms with E-state index in [4.69, 9.17) is 9.47 Å². The van der Waals surface area contributed by atoms with Crippen LogP contribution in [0.1, 0.15) is 18.4 Å². The van der Waals surface area contributed by atoms with E-state index in [1.54, 1.807) is 7.11 Å². The molecular formula is C23H31N3O3. The second-order valence-electron chi connectivity index (χ2n) is 7.32. The van der Waals surface area contributed by atoms with Crippen molar-refractivity contribution in [3.63, 3.8) is 0 Å². The number of likely N-dealkylation sites (N-methyl/N-ethyl adjacent to an activating group) is 1. The van der Waals surface area contributed by atoms with Gasteiger partial charge in [0.05, 0.1) is 19.8 Å². The summed E-state index contributed by atoms with van der Waals surface area (Å²) in [4.78, 5) is 16.9. The molecule has 0 radical (unpaired) electrons. The average molecular weight is 398 g/mol. The summed E-state index contributed by atoms with van der Waals surface area (Å²) in [5.74, 6) is 0.793. The Morgan fingerprint density at radius 3 is 2.66 bits per heavy atom. The molecule has 2 amide bonds. The molecule has 29 heavy (non-hydrogen) atoms. The third-order valence-corrected chi connectivity index (χ3v) is 5.21. The summed E-state index contributed by atoms with van der Waals surface area (Å²) in [6.45, 7) is 3.15. The number of rotatable bonds is 9. The maximum Gasteiger partial charge on any atom is 0.317 e. The molecule has 3 rings (SSSR count). The standard InChI is InChI=1S/C23H31N3O3/c1-25(20-10-4-3-5-11-20)15-14-24-23(27)26(18-21-12-8-16-29-21)17-19-9-6-7-13-22(19)28-2/h3-7,9-11,13,21H,8,12,14-18H2,1-2H3,(H,24,27). The lowest BCUT2D eigenvalue weighted by atomic mass is 10.1. The van der Waals surface area contributed by atoms with Crippen LogP contribution in [-0.4, -0.2) is 57.4 Å². The molecule has 2 aromatic rings. The number of methoxy groups -OCH3 is 1. The maximum atomic E-state index is 13.0. The molecule has 6 heteroatoms. The first-order valence-corrected chi connectivity index (χ1v) is 10.2. The Bertz CT molecular complexity index is 763. The fourth-order valence-corrected chi connectivity index (χ4v) is 3.55. The minimum Gasteiger partial charge on any atom is -0.496 e. The number of para-hydroxylation sites is 2. The highest BCUT2D eigenvalue weighted by Gasteiger charge is 2.23. The number of hydrogen-bond acceptors (Lipinski definition) is 4. The number of nitrogens with zero attached hydrogens (tertiary/aromatic N) is 2. The van der Waals surface area contributed by atoms with Crippen LogP contribution in [0.4, 0.5) is 10.5 Å². The van der Waals surface area contributed by atoms with Crippen LogP contribution in [-0.2, 0) is 11.3 Å². The van der Waals surface area contributed by atoms with E-state index in [1.165, 1.54) is 0 Å². The van der Waals surface area contributed by atoms with E-state index >= 15 is 0 Å². The van der Waals surface area contributed by atoms with E-state index in [0.29, 0.717) is 19.6 Å². The molecule has 6 nitrogen and oxygen atoms in total. The zero-order chi connectivity index (χ0) is 20.5. The predicted octanol–water partition coefficient (Wildman–Crippen LogP) is 3.52. The van der Waals surface area contributed by atoms with Crippen molar-refractivity contribution in [1.29, 1.82) is 0 Å². The number of carbonyl (C=O) groups is 1. The summed E-state index contributed by atoms with van der Waals surface area (Å²) in [7, 11) is 3.68. The van der Waals surface area contributed by atoms with Crippen molar-refractivity contribution >= 4 is 11.7 Å². The van der Waals surface area contributed by atoms with E-state index in [9.17, 15) is 4.79 Å². The van der Waals surface area contributed by atoms with E-state index in [2.05, 4.69) is 22.3 Å². The Morgan fingerprint density at radius 2 is 1.93 bits per heavy atom. The van der Waals surface area contributed by atoms with Gasteiger partial charge in [0, 0.05) is 44.5 Å². The summed E-state index contributed by atoms with van der Waals surface area (Å²) in [5, 5.41) is 3.06. The summed E-state index contributed by atoms with van der Waals surface area (Å²) in [5.41, 5.74) is 2.12. The summed E-state index contributed by atoms with van der Waals surface area (Å²) >= 11 is 0. The van der Waals surface area contributed by atoms with Gasteiger partial charge in [0.1, 0.15) is 5.75 Å². The minimum atomic E-state index is -0.0760. The Hall–Kier alpha value is -2.73. The molecule has 1 aliphatic rings. The normalized spacial score (nSPS) is 15.7. The Kier molecular flexibility index (Phi) is 7.76. The van der Waals surface area contributed by atoms with Gasteiger partial charge < -0.3 is 24.6 Å². The van der Waals surface area contributed by atoms with Gasteiger partial charge in [0.25, 0.3) is 0 Å². The third kappa shape index (κ3) is 6.12. The van der Waals surface area contributed by atoms with Crippen molar-refractivity contribution in [3.05, 3.63) is 60.2 Å². The zero-order valence-corrected chi connectivity index (χ0v) is 17.3. The van der Waals surface area contributed by atoms with Crippen LogP contribution in [0.25, 0.3) is 0 Å². The van der Waals surface area contributed by atoms with E-state index in [1.807, 2.05) is 54.4 Å². The van der Waals surface area contributed by atoms with Crippen LogP contribution in [0.5, 0.6) is 5.75 Å². The molecule has 1 atom stereocenters. The second kappa shape index (κ2) is 10.7. The number of amides is 2. The Labute approximate surface area is 173 Å². The van der Waals surface area contributed by atoms with E-state index in [0.717, 1.165) is 43.0 Å². The van der Waals surface area contributed by atoms with Gasteiger partial charge in [-0.3, -0.25) is 0 Å². The van der Waals surface area contributed by atoms with Gasteiger partial charge in [0.15, 0.2) is 0 Å². The lowest BCUT2D eigenvalue weighted by Gasteiger charge is -2.27. The highest BCUT2D eigenvalue weighted by atomic mass is 16.5. The van der Waals surface area contributed by atoms with Gasteiger partial charge in [-0.05, 0) is 31.0 Å². The molecule has 156 valence electrons. The van der Waals surface area contributed by atoms with E-state index in [-0.39, 0.29) is 12.1 Å². The van der Waals surface area contributed by atoms with Crippen LogP contribution in [0, 0.1) is 0 Å². The van der Waals surface area contributed by atoms with E-state index < -0.39 is 0 Å². The van der Waals surface area contributed by atoms with Crippen LogP contribution < -0.4 is 15.0 Å². The van der Waals surface area contributed by atoms with Crippen molar-refractivity contribution in [2.75, 3.05) is 45.3 Å². The lowest BCUT2D eigenvalue weighted by Crippen LogP contribution is -2.45. The smallest absolute Gasteiger partial charge is 0.317 e. The molecule has 2 aromatic carbocycles. The first kappa shape index (κ1) is 21.0. The first-order valence-electron chi connectivity index (χ1n) is 10.2. The SMILES string of the molecule is COc1ccccc1CN(CC1CCCO1)C(=O)NCCN(C)c1ccccc1. The number of ether oxygens (including phenoxy) is 2. The maximum absolute atomic E-state index is 13.0. The summed E-state index contributed by atoms with van der Waals surface area (Å²) < 4.78 is 11.2. The molecule has 0 spiro atoms. The van der Waals surface area contributed by atoms with Crippen molar-refractivity contribution in [2.24, 2.45) is 0 Å². The fraction of sp³-hybridized carbons (Fsp3) is 0.435. The second-order valence-corrected chi connectivity index (χ2v) is 7.32. The van der Waals surface area contributed by atoms with Gasteiger partial charge in [-0.25, -0.2) is 4.79 Å². The Morgan fingerprint density at radius 1 is 1.17 bits per heavy atom. The molecule has 1 fully saturated rings. The predicted molar refractivity (Wildman–Crippen MR) is 115 cm³/mol. The summed E-state index contributed by atoms with van der Waals surface area (Å²) in [6.07, 6.45) is 2.14. The molecule has 0 bridgehead atoms. The largest absolute Gasteiger partial charge is 0.496 e. The number of urea groups is 1. The van der Waals surface area contributed by atoms with Crippen LogP contribution in [0.15, 0.2) is 54.6 Å². The number of nitrogens with one attached hydrogen (secondary N) is 1. The fourth-order valence-electron chi connectivity index (χ4n) is 3.55. The van der Waals surface area contributed by atoms with Crippen LogP contribution >= 0.6 is 0 Å². The molecule has 1 saturated heterocycles. The molecule has 0 aliphatic carbocycles. The topological polar surface area (TPSA) is 54.0 Å². The number of carbonyl (C=O) groups excluding carboxylic acids is 1. The van der Waals surface area contributed by atoms with Gasteiger partial charge in [-0.15, -0.1) is 0 Å². The van der Waals surface area contributed by atoms with Gasteiger partial charge >= 0.3 is 6.03 Å². The number of anilines is 1. The van der Waals surface area contributed by atoms with Crippen LogP contribution in [0.2, 0.25) is 0 Å². The van der Waals surface area contributed by atoms with Gasteiger partial charge in [-0.1, -0.05) is 36.4 Å². The molecule has 1 unspecified atom stereocenters. The zero-order valence-electron chi connectivity index (χ0n) is 17.3. The highest BCUT2D eigenvalue weighted by molar-refractivity contribution is 5.74. The molecule has 1 heterocycles. The first-order chi connectivity index (χ1) is 14.2. The highest BCUT2D eigenvalue weighted by Crippen LogP contribution is 2.21. The van der Waals surface area contributed by atoms with Crippen LogP contribution in [0.3, 0.4) is 0 Å². The quantitative estimate of drug-likeness (QED) is 0.703. The lowest BCUT2D eigenvalue weighted by molar-refractivity contribution is 0.0793. The molecule has 0 aromatic heterocycles. The molecule has 1 aliphatic heterocycles. The monoisotopic (exact) mass is 397 g/mol. The van der Waals surface area contributed by atoms with Crippen molar-refractivity contribution < 1.29 is 14.3 Å². The number of hydrogen-bond donors (Lipinski definition) is 1. The number of benzene rings is 2. The van der Waals surface area contributed by atoms with Gasteiger partial charge in [0.2, 0.25) is 0 Å². The Balaban J connectivity index is 1.59. The minimum absolute atomic E-state index is 0.0760. The van der Waals surface area contributed by atoms with Crippen molar-refractivity contribution in [1.82, 2.24) is 10.2 Å².